The Kier molecular flexibility index (Phi) is 7.29. The maximum atomic E-state index is 9.80. The van der Waals surface area contributed by atoms with Crippen LogP contribution in [0.4, 0.5) is 0 Å². The topological polar surface area (TPSA) is 46.2 Å². The van der Waals surface area contributed by atoms with Crippen LogP contribution in [-0.4, -0.2) is 17.3 Å². The van der Waals surface area contributed by atoms with Crippen molar-refractivity contribution in [1.82, 2.24) is 0 Å². The third-order valence-electron chi connectivity index (χ3n) is 2.78. The summed E-state index contributed by atoms with van der Waals surface area (Å²) in [6, 6.07) is 0.261. The van der Waals surface area contributed by atoms with Gasteiger partial charge in [-0.15, -0.1) is 0 Å². The molecule has 13 heavy (non-hydrogen) atoms. The van der Waals surface area contributed by atoms with Gasteiger partial charge in [0.2, 0.25) is 0 Å². The van der Waals surface area contributed by atoms with E-state index in [4.69, 9.17) is 5.73 Å². The van der Waals surface area contributed by atoms with E-state index < -0.39 is 0 Å². The average Bonchev–Trinajstić information content (AvgIpc) is 2.14. The Morgan fingerprint density at radius 1 is 1.15 bits per heavy atom. The number of hydrogen-bond acceptors (Lipinski definition) is 2. The number of aliphatic hydroxyl groups is 1. The van der Waals surface area contributed by atoms with E-state index in [-0.39, 0.29) is 12.1 Å². The Morgan fingerprint density at radius 3 is 2.15 bits per heavy atom. The fraction of sp³-hybridized carbons (Fsp3) is 1.00. The second-order valence-electron chi connectivity index (χ2n) is 3.93. The molecule has 0 saturated heterocycles. The van der Waals surface area contributed by atoms with Crippen LogP contribution in [0.1, 0.15) is 52.9 Å². The molecule has 3 N–H and O–H groups in total. The number of nitrogens with two attached hydrogens (primary N) is 1. The molecule has 0 aromatic heterocycles. The van der Waals surface area contributed by atoms with E-state index in [9.17, 15) is 5.11 Å². The molecular weight excluding hydrogens is 162 g/mol. The highest BCUT2D eigenvalue weighted by Gasteiger charge is 2.18. The van der Waals surface area contributed by atoms with Crippen molar-refractivity contribution in [2.75, 3.05) is 0 Å². The largest absolute Gasteiger partial charge is 0.393 e. The fourth-order valence-electron chi connectivity index (χ4n) is 1.68. The normalized spacial score (nSPS) is 18.2. The van der Waals surface area contributed by atoms with Gasteiger partial charge >= 0.3 is 0 Å². The van der Waals surface area contributed by atoms with Crippen molar-refractivity contribution >= 4 is 0 Å². The van der Waals surface area contributed by atoms with Gasteiger partial charge in [0.25, 0.3) is 0 Å². The molecule has 0 amide bonds. The smallest absolute Gasteiger partial charge is 0.0568 e. The molecule has 0 aliphatic rings. The zero-order valence-electron chi connectivity index (χ0n) is 9.29. The molecule has 0 rings (SSSR count). The zero-order chi connectivity index (χ0) is 10.3. The summed E-state index contributed by atoms with van der Waals surface area (Å²) >= 11 is 0. The van der Waals surface area contributed by atoms with Crippen molar-refractivity contribution in [3.8, 4) is 0 Å². The lowest BCUT2D eigenvalue weighted by Gasteiger charge is -2.23. The van der Waals surface area contributed by atoms with Crippen LogP contribution in [0.15, 0.2) is 0 Å². The quantitative estimate of drug-likeness (QED) is 0.642. The standard InChI is InChI=1S/C11H25NO/c1-4-7-11(13)9(5-2)8-10(12)6-3/h9-11,13H,4-8,12H2,1-3H3. The summed E-state index contributed by atoms with van der Waals surface area (Å²) in [5, 5.41) is 9.80. The van der Waals surface area contributed by atoms with Gasteiger partial charge in [0, 0.05) is 6.04 Å². The molecule has 0 spiro atoms. The highest BCUT2D eigenvalue weighted by molar-refractivity contribution is 4.72. The molecule has 2 heteroatoms. The van der Waals surface area contributed by atoms with Crippen LogP contribution in [-0.2, 0) is 0 Å². The minimum Gasteiger partial charge on any atom is -0.393 e. The fourth-order valence-corrected chi connectivity index (χ4v) is 1.68. The van der Waals surface area contributed by atoms with Crippen LogP contribution >= 0.6 is 0 Å². The number of aliphatic hydroxyl groups excluding tert-OH is 1. The third kappa shape index (κ3) is 5.27. The molecule has 80 valence electrons. The summed E-state index contributed by atoms with van der Waals surface area (Å²) < 4.78 is 0. The molecule has 3 atom stereocenters. The van der Waals surface area contributed by atoms with E-state index in [1.165, 1.54) is 0 Å². The predicted molar refractivity (Wildman–Crippen MR) is 57.6 cm³/mol. The first-order chi connectivity index (χ1) is 6.15. The summed E-state index contributed by atoms with van der Waals surface area (Å²) in [7, 11) is 0. The summed E-state index contributed by atoms with van der Waals surface area (Å²) in [6.07, 6.45) is 4.83. The molecule has 0 fully saturated rings. The average molecular weight is 187 g/mol. The van der Waals surface area contributed by atoms with E-state index in [0.29, 0.717) is 5.92 Å². The van der Waals surface area contributed by atoms with E-state index >= 15 is 0 Å². The molecule has 0 aromatic carbocycles. The van der Waals surface area contributed by atoms with Crippen LogP contribution in [0.2, 0.25) is 0 Å². The SMILES string of the molecule is CCCC(O)C(CC)CC(N)CC. The first kappa shape index (κ1) is 12.9. The molecule has 0 aliphatic heterocycles. The summed E-state index contributed by atoms with van der Waals surface area (Å²) in [6.45, 7) is 6.34. The van der Waals surface area contributed by atoms with E-state index in [1.54, 1.807) is 0 Å². The second-order valence-corrected chi connectivity index (χ2v) is 3.93. The highest BCUT2D eigenvalue weighted by atomic mass is 16.3. The van der Waals surface area contributed by atoms with Gasteiger partial charge in [0.15, 0.2) is 0 Å². The van der Waals surface area contributed by atoms with Gasteiger partial charge in [0.1, 0.15) is 0 Å². The molecule has 0 radical (unpaired) electrons. The van der Waals surface area contributed by atoms with Crippen LogP contribution in [0, 0.1) is 5.92 Å². The maximum absolute atomic E-state index is 9.80. The van der Waals surface area contributed by atoms with Crippen molar-refractivity contribution in [3.05, 3.63) is 0 Å². The van der Waals surface area contributed by atoms with Gasteiger partial charge < -0.3 is 10.8 Å². The van der Waals surface area contributed by atoms with Crippen LogP contribution < -0.4 is 5.73 Å². The lowest BCUT2D eigenvalue weighted by Crippen LogP contribution is -2.29. The monoisotopic (exact) mass is 187 g/mol. The molecule has 2 nitrogen and oxygen atoms in total. The third-order valence-corrected chi connectivity index (χ3v) is 2.78. The molecule has 3 unspecified atom stereocenters. The van der Waals surface area contributed by atoms with Gasteiger partial charge in [-0.2, -0.15) is 0 Å². The Morgan fingerprint density at radius 2 is 1.77 bits per heavy atom. The van der Waals surface area contributed by atoms with E-state index in [0.717, 1.165) is 32.1 Å². The van der Waals surface area contributed by atoms with Gasteiger partial charge in [-0.05, 0) is 25.2 Å². The molecule has 0 aliphatic carbocycles. The Balaban J connectivity index is 3.86. The summed E-state index contributed by atoms with van der Waals surface area (Å²) in [5.74, 6) is 0.398. The minimum atomic E-state index is -0.146. The van der Waals surface area contributed by atoms with Crippen LogP contribution in [0.5, 0.6) is 0 Å². The van der Waals surface area contributed by atoms with E-state index in [1.807, 2.05) is 0 Å². The Labute approximate surface area is 82.5 Å². The van der Waals surface area contributed by atoms with Crippen molar-refractivity contribution in [1.29, 1.82) is 0 Å². The van der Waals surface area contributed by atoms with Crippen molar-refractivity contribution in [2.45, 2.75) is 65.0 Å². The van der Waals surface area contributed by atoms with Crippen molar-refractivity contribution in [2.24, 2.45) is 11.7 Å². The van der Waals surface area contributed by atoms with Gasteiger partial charge in [-0.3, -0.25) is 0 Å². The minimum absolute atomic E-state index is 0.146. The van der Waals surface area contributed by atoms with Crippen LogP contribution in [0.3, 0.4) is 0 Å². The lowest BCUT2D eigenvalue weighted by atomic mass is 9.89. The highest BCUT2D eigenvalue weighted by Crippen LogP contribution is 2.19. The predicted octanol–water partition coefficient (Wildman–Crippen LogP) is 2.30. The van der Waals surface area contributed by atoms with Gasteiger partial charge in [-0.25, -0.2) is 0 Å². The Bertz CT molecular complexity index is 117. The number of rotatable bonds is 7. The summed E-state index contributed by atoms with van der Waals surface area (Å²) in [5.41, 5.74) is 5.87. The molecule has 0 heterocycles. The number of hydrogen-bond donors (Lipinski definition) is 2. The maximum Gasteiger partial charge on any atom is 0.0568 e. The summed E-state index contributed by atoms with van der Waals surface area (Å²) in [4.78, 5) is 0. The lowest BCUT2D eigenvalue weighted by molar-refractivity contribution is 0.0866. The molecule has 0 saturated carbocycles. The Hall–Kier alpha value is -0.0800. The first-order valence-electron chi connectivity index (χ1n) is 5.59. The van der Waals surface area contributed by atoms with Gasteiger partial charge in [0.05, 0.1) is 6.10 Å². The molecule has 0 bridgehead atoms. The van der Waals surface area contributed by atoms with Gasteiger partial charge in [-0.1, -0.05) is 33.6 Å². The second kappa shape index (κ2) is 7.34. The molecular formula is C11H25NO. The zero-order valence-corrected chi connectivity index (χ0v) is 9.29. The van der Waals surface area contributed by atoms with Crippen molar-refractivity contribution in [3.63, 3.8) is 0 Å². The molecule has 0 aromatic rings. The van der Waals surface area contributed by atoms with Crippen LogP contribution in [0.25, 0.3) is 0 Å². The van der Waals surface area contributed by atoms with E-state index in [2.05, 4.69) is 20.8 Å². The van der Waals surface area contributed by atoms with Crippen molar-refractivity contribution < 1.29 is 5.11 Å². The first-order valence-corrected chi connectivity index (χ1v) is 5.59.